The fourth-order valence-electron chi connectivity index (χ4n) is 2.94. The van der Waals surface area contributed by atoms with Gasteiger partial charge in [-0.1, -0.05) is 30.3 Å². The van der Waals surface area contributed by atoms with Crippen LogP contribution in [0, 0.1) is 13.8 Å². The monoisotopic (exact) mass is 378 g/mol. The third-order valence-corrected chi connectivity index (χ3v) is 4.62. The number of likely N-dealkylation sites (N-methyl/N-ethyl adjacent to an activating group) is 1. The van der Waals surface area contributed by atoms with Crippen molar-refractivity contribution in [2.24, 2.45) is 0 Å². The molecule has 6 nitrogen and oxygen atoms in total. The highest BCUT2D eigenvalue weighted by Crippen LogP contribution is 2.30. The molecule has 2 aromatic heterocycles. The Morgan fingerprint density at radius 1 is 1.07 bits per heavy atom. The summed E-state index contributed by atoms with van der Waals surface area (Å²) in [6, 6.07) is 9.92. The van der Waals surface area contributed by atoms with Gasteiger partial charge in [0.2, 0.25) is 0 Å². The molecule has 144 valence electrons. The molecule has 2 heterocycles. The molecule has 0 saturated carbocycles. The predicted octanol–water partition coefficient (Wildman–Crippen LogP) is 3.47. The maximum atomic E-state index is 13.2. The Kier molecular flexibility index (Phi) is 5.05. The molecule has 27 heavy (non-hydrogen) atoms. The Bertz CT molecular complexity index is 934. The second-order valence-corrected chi connectivity index (χ2v) is 6.63. The van der Waals surface area contributed by atoms with Gasteiger partial charge in [-0.3, -0.25) is 0 Å². The van der Waals surface area contributed by atoms with E-state index in [1.165, 1.54) is 0 Å². The van der Waals surface area contributed by atoms with Gasteiger partial charge in [-0.05, 0) is 39.1 Å². The summed E-state index contributed by atoms with van der Waals surface area (Å²) in [5, 5.41) is 14.2. The van der Waals surface area contributed by atoms with Crippen LogP contribution in [0.15, 0.2) is 30.3 Å². The Labute approximate surface area is 155 Å². The van der Waals surface area contributed by atoms with Gasteiger partial charge < -0.3 is 10.2 Å². The maximum absolute atomic E-state index is 13.2. The fraction of sp³-hybridized carbons (Fsp3) is 0.389. The molecule has 0 bridgehead atoms. The molecule has 9 heteroatoms. The zero-order valence-electron chi connectivity index (χ0n) is 15.5. The number of benzene rings is 1. The lowest BCUT2D eigenvalue weighted by molar-refractivity contribution is -0.146. The lowest BCUT2D eigenvalue weighted by Gasteiger charge is -2.25. The molecular formula is C18H21F3N6. The number of hydrogen-bond acceptors (Lipinski definition) is 5. The number of fused-ring (bicyclic) bond motifs is 1. The number of alkyl halides is 3. The Morgan fingerprint density at radius 3 is 2.33 bits per heavy atom. The molecule has 0 spiro atoms. The van der Waals surface area contributed by atoms with Gasteiger partial charge in [-0.25, -0.2) is 0 Å². The number of hydrogen-bond donors (Lipinski definition) is 1. The molecule has 1 unspecified atom stereocenters. The van der Waals surface area contributed by atoms with Crippen LogP contribution in [0.2, 0.25) is 0 Å². The Hall–Kier alpha value is -2.68. The van der Waals surface area contributed by atoms with Crippen molar-refractivity contribution in [1.29, 1.82) is 0 Å². The number of anilines is 1. The second-order valence-electron chi connectivity index (χ2n) is 6.63. The van der Waals surface area contributed by atoms with Crippen molar-refractivity contribution in [1.82, 2.24) is 24.7 Å². The van der Waals surface area contributed by atoms with Crippen LogP contribution in [-0.2, 0) is 6.18 Å². The number of nitrogens with zero attached hydrogens (tertiary/aromatic N) is 5. The van der Waals surface area contributed by atoms with Crippen LogP contribution in [0.5, 0.6) is 0 Å². The van der Waals surface area contributed by atoms with Crippen LogP contribution in [0.1, 0.15) is 28.6 Å². The van der Waals surface area contributed by atoms with Crippen molar-refractivity contribution in [2.75, 3.05) is 26.0 Å². The quantitative estimate of drug-likeness (QED) is 0.737. The minimum Gasteiger partial charge on any atom is -0.366 e. The van der Waals surface area contributed by atoms with E-state index in [0.29, 0.717) is 17.9 Å². The van der Waals surface area contributed by atoms with Crippen molar-refractivity contribution in [3.05, 3.63) is 52.8 Å². The van der Waals surface area contributed by atoms with Crippen LogP contribution in [0.3, 0.4) is 0 Å². The smallest absolute Gasteiger partial charge is 0.366 e. The van der Waals surface area contributed by atoms with Gasteiger partial charge >= 0.3 is 6.18 Å². The predicted molar refractivity (Wildman–Crippen MR) is 96.6 cm³/mol. The number of rotatable bonds is 5. The first kappa shape index (κ1) is 19.1. The van der Waals surface area contributed by atoms with Gasteiger partial charge in [0.1, 0.15) is 5.82 Å². The van der Waals surface area contributed by atoms with Crippen LogP contribution < -0.4 is 5.32 Å². The molecule has 0 aliphatic heterocycles. The van der Waals surface area contributed by atoms with Gasteiger partial charge in [0.15, 0.2) is 5.65 Å². The van der Waals surface area contributed by atoms with Crippen LogP contribution in [0.25, 0.3) is 5.65 Å². The molecule has 3 rings (SSSR count). The highest BCUT2D eigenvalue weighted by Gasteiger charge is 2.38. The molecular weight excluding hydrogens is 357 g/mol. The maximum Gasteiger partial charge on any atom is 0.453 e. The number of halogens is 3. The Balaban J connectivity index is 1.95. The normalized spacial score (nSPS) is 13.3. The van der Waals surface area contributed by atoms with Crippen molar-refractivity contribution < 1.29 is 13.2 Å². The molecule has 0 aliphatic rings. The average molecular weight is 378 g/mol. The minimum atomic E-state index is -4.62. The molecule has 0 aliphatic carbocycles. The minimum absolute atomic E-state index is 0.0337. The molecule has 0 saturated heterocycles. The van der Waals surface area contributed by atoms with Crippen molar-refractivity contribution in [2.45, 2.75) is 26.1 Å². The first-order valence-electron chi connectivity index (χ1n) is 8.45. The largest absolute Gasteiger partial charge is 0.453 e. The average Bonchev–Trinajstić information content (AvgIpc) is 3.04. The van der Waals surface area contributed by atoms with Crippen LogP contribution in [0.4, 0.5) is 19.0 Å². The van der Waals surface area contributed by atoms with E-state index >= 15 is 0 Å². The third kappa shape index (κ3) is 3.73. The summed E-state index contributed by atoms with van der Waals surface area (Å²) in [5.74, 6) is -0.746. The van der Waals surface area contributed by atoms with Crippen molar-refractivity contribution >= 4 is 11.5 Å². The third-order valence-electron chi connectivity index (χ3n) is 4.62. The molecule has 3 aromatic rings. The van der Waals surface area contributed by atoms with E-state index in [0.717, 1.165) is 15.6 Å². The van der Waals surface area contributed by atoms with Crippen LogP contribution >= 0.6 is 0 Å². The SMILES string of the molecule is Cc1c(NCC(c2ccccc2)N(C)C)nn2c(C(F)(F)F)nnc2c1C. The van der Waals surface area contributed by atoms with E-state index in [2.05, 4.69) is 20.6 Å². The first-order chi connectivity index (χ1) is 12.7. The highest BCUT2D eigenvalue weighted by atomic mass is 19.4. The second kappa shape index (κ2) is 7.15. The summed E-state index contributed by atoms with van der Waals surface area (Å²) in [7, 11) is 3.91. The number of aromatic nitrogens is 4. The lowest BCUT2D eigenvalue weighted by Crippen LogP contribution is -2.27. The van der Waals surface area contributed by atoms with Crippen molar-refractivity contribution in [3.63, 3.8) is 0 Å². The van der Waals surface area contributed by atoms with Gasteiger partial charge in [0, 0.05) is 12.1 Å². The molecule has 0 radical (unpaired) electrons. The zero-order chi connectivity index (χ0) is 19.8. The topological polar surface area (TPSA) is 58.4 Å². The number of nitrogens with one attached hydrogen (secondary N) is 1. The van der Waals surface area contributed by atoms with E-state index in [4.69, 9.17) is 0 Å². The Morgan fingerprint density at radius 2 is 1.74 bits per heavy atom. The molecule has 1 N–H and O–H groups in total. The molecule has 0 amide bonds. The molecule has 1 atom stereocenters. The summed E-state index contributed by atoms with van der Waals surface area (Å²) in [5.41, 5.74) is 2.56. The molecule has 1 aromatic carbocycles. The van der Waals surface area contributed by atoms with Gasteiger partial charge in [-0.2, -0.15) is 17.7 Å². The summed E-state index contributed by atoms with van der Waals surface area (Å²) in [4.78, 5) is 2.04. The van der Waals surface area contributed by atoms with E-state index in [1.54, 1.807) is 13.8 Å². The first-order valence-corrected chi connectivity index (χ1v) is 8.45. The van der Waals surface area contributed by atoms with E-state index in [9.17, 15) is 13.2 Å². The zero-order valence-corrected chi connectivity index (χ0v) is 15.5. The van der Waals surface area contributed by atoms with Crippen LogP contribution in [-0.4, -0.2) is 45.4 Å². The summed E-state index contributed by atoms with van der Waals surface area (Å²) >= 11 is 0. The highest BCUT2D eigenvalue weighted by molar-refractivity contribution is 5.58. The summed E-state index contributed by atoms with van der Waals surface area (Å²) < 4.78 is 40.3. The van der Waals surface area contributed by atoms with E-state index in [-0.39, 0.29) is 11.7 Å². The summed E-state index contributed by atoms with van der Waals surface area (Å²) in [6.45, 7) is 4.01. The van der Waals surface area contributed by atoms with E-state index < -0.39 is 12.0 Å². The number of aryl methyl sites for hydroxylation is 1. The molecule has 0 fully saturated rings. The van der Waals surface area contributed by atoms with Gasteiger partial charge in [0.05, 0.1) is 6.04 Å². The standard InChI is InChI=1S/C18H21F3N6/c1-11-12(2)16-23-24-17(18(19,20)21)27(16)25-15(11)22-10-14(26(3)4)13-8-6-5-7-9-13/h5-9,14H,10H2,1-4H3,(H,22,25). The fourth-order valence-corrected chi connectivity index (χ4v) is 2.94. The summed E-state index contributed by atoms with van der Waals surface area (Å²) in [6.07, 6.45) is -4.62. The van der Waals surface area contributed by atoms with E-state index in [1.807, 2.05) is 49.3 Å². The lowest BCUT2D eigenvalue weighted by atomic mass is 10.1. The van der Waals surface area contributed by atoms with Gasteiger partial charge in [-0.15, -0.1) is 15.3 Å². The van der Waals surface area contributed by atoms with Gasteiger partial charge in [0.25, 0.3) is 5.82 Å². The van der Waals surface area contributed by atoms with Crippen molar-refractivity contribution in [3.8, 4) is 0 Å².